The maximum Gasteiger partial charge on any atom is 0.262 e. The molecule has 3 aromatic rings. The Balaban J connectivity index is 1.83. The van der Waals surface area contributed by atoms with Gasteiger partial charge in [-0.1, -0.05) is 36.0 Å². The standard InChI is InChI=1S/C23H27N3O3S/c1-4-29-14-8-13-26-22(28)19-11-5-6-12-20(19)25-23(26)30-17(3)21(27)24-18-10-7-9-16(2)15-18/h5-7,9-12,15,17H,4,8,13-14H2,1-3H3,(H,24,27)/t17-/m0/s1. The number of nitrogens with one attached hydrogen (secondary N) is 1. The first-order chi connectivity index (χ1) is 14.5. The van der Waals surface area contributed by atoms with Gasteiger partial charge in [0.25, 0.3) is 5.56 Å². The van der Waals surface area contributed by atoms with Crippen molar-refractivity contribution in [2.75, 3.05) is 18.5 Å². The summed E-state index contributed by atoms with van der Waals surface area (Å²) in [7, 11) is 0. The molecule has 3 rings (SSSR count). The fraction of sp³-hybridized carbons (Fsp3) is 0.348. The molecule has 1 atom stereocenters. The van der Waals surface area contributed by atoms with Crippen LogP contribution in [0.4, 0.5) is 5.69 Å². The Morgan fingerprint density at radius 2 is 2.03 bits per heavy atom. The van der Waals surface area contributed by atoms with Gasteiger partial charge in [0.1, 0.15) is 0 Å². The van der Waals surface area contributed by atoms with Crippen molar-refractivity contribution in [1.29, 1.82) is 0 Å². The molecule has 0 radical (unpaired) electrons. The lowest BCUT2D eigenvalue weighted by molar-refractivity contribution is -0.115. The molecule has 6 nitrogen and oxygen atoms in total. The van der Waals surface area contributed by atoms with Crippen LogP contribution in [0.3, 0.4) is 0 Å². The van der Waals surface area contributed by atoms with E-state index in [1.54, 1.807) is 10.6 Å². The summed E-state index contributed by atoms with van der Waals surface area (Å²) in [5.74, 6) is -0.131. The van der Waals surface area contributed by atoms with Gasteiger partial charge in [-0.2, -0.15) is 0 Å². The Labute approximate surface area is 180 Å². The molecule has 0 saturated heterocycles. The fourth-order valence-corrected chi connectivity index (χ4v) is 4.02. The molecule has 0 aliphatic carbocycles. The van der Waals surface area contributed by atoms with E-state index in [0.717, 1.165) is 11.3 Å². The zero-order valence-electron chi connectivity index (χ0n) is 17.6. The Bertz CT molecular complexity index is 1080. The van der Waals surface area contributed by atoms with Crippen LogP contribution in [0, 0.1) is 6.92 Å². The number of carbonyl (C=O) groups is 1. The lowest BCUT2D eigenvalue weighted by Crippen LogP contribution is -2.27. The summed E-state index contributed by atoms with van der Waals surface area (Å²) in [5, 5.41) is 3.64. The molecule has 0 bridgehead atoms. The minimum absolute atomic E-state index is 0.0918. The zero-order valence-corrected chi connectivity index (χ0v) is 18.4. The zero-order chi connectivity index (χ0) is 21.5. The molecule has 0 spiro atoms. The van der Waals surface area contributed by atoms with Crippen molar-refractivity contribution >= 4 is 34.3 Å². The Kier molecular flexibility index (Phi) is 7.65. The van der Waals surface area contributed by atoms with Crippen LogP contribution in [-0.2, 0) is 16.1 Å². The molecule has 1 aromatic heterocycles. The van der Waals surface area contributed by atoms with E-state index in [1.807, 2.05) is 63.2 Å². The monoisotopic (exact) mass is 425 g/mol. The smallest absolute Gasteiger partial charge is 0.262 e. The molecule has 0 aliphatic rings. The third-order valence-electron chi connectivity index (χ3n) is 4.64. The molecule has 7 heteroatoms. The van der Waals surface area contributed by atoms with Gasteiger partial charge in [0.2, 0.25) is 5.91 Å². The number of aromatic nitrogens is 2. The summed E-state index contributed by atoms with van der Waals surface area (Å²) < 4.78 is 7.07. The molecule has 1 heterocycles. The predicted octanol–water partition coefficient (Wildman–Crippen LogP) is 4.25. The van der Waals surface area contributed by atoms with Crippen molar-refractivity contribution < 1.29 is 9.53 Å². The number of nitrogens with zero attached hydrogens (tertiary/aromatic N) is 2. The second-order valence-electron chi connectivity index (χ2n) is 7.04. The topological polar surface area (TPSA) is 73.2 Å². The molecular formula is C23H27N3O3S. The second-order valence-corrected chi connectivity index (χ2v) is 8.35. The van der Waals surface area contributed by atoms with Crippen molar-refractivity contribution in [2.24, 2.45) is 0 Å². The number of hydrogen-bond acceptors (Lipinski definition) is 5. The highest BCUT2D eigenvalue weighted by atomic mass is 32.2. The molecular weight excluding hydrogens is 398 g/mol. The van der Waals surface area contributed by atoms with Crippen molar-refractivity contribution in [3.8, 4) is 0 Å². The van der Waals surface area contributed by atoms with Crippen LogP contribution in [-0.4, -0.2) is 33.9 Å². The highest BCUT2D eigenvalue weighted by Gasteiger charge is 2.19. The lowest BCUT2D eigenvalue weighted by atomic mass is 10.2. The predicted molar refractivity (Wildman–Crippen MR) is 122 cm³/mol. The second kappa shape index (κ2) is 10.4. The average molecular weight is 426 g/mol. The average Bonchev–Trinajstić information content (AvgIpc) is 2.73. The van der Waals surface area contributed by atoms with Crippen LogP contribution in [0.25, 0.3) is 10.9 Å². The molecule has 0 unspecified atom stereocenters. The minimum atomic E-state index is -0.420. The van der Waals surface area contributed by atoms with Crippen LogP contribution in [0.2, 0.25) is 0 Å². The van der Waals surface area contributed by atoms with E-state index in [4.69, 9.17) is 4.74 Å². The van der Waals surface area contributed by atoms with Crippen LogP contribution in [0.15, 0.2) is 58.5 Å². The summed E-state index contributed by atoms with van der Waals surface area (Å²) in [6, 6.07) is 15.0. The van der Waals surface area contributed by atoms with Crippen molar-refractivity contribution in [1.82, 2.24) is 9.55 Å². The van der Waals surface area contributed by atoms with Crippen LogP contribution in [0.1, 0.15) is 25.8 Å². The summed E-state index contributed by atoms with van der Waals surface area (Å²) >= 11 is 1.29. The third-order valence-corrected chi connectivity index (χ3v) is 5.73. The van der Waals surface area contributed by atoms with Gasteiger partial charge in [0, 0.05) is 25.4 Å². The molecule has 158 valence electrons. The van der Waals surface area contributed by atoms with Gasteiger partial charge in [0.05, 0.1) is 16.2 Å². The number of ether oxygens (including phenoxy) is 1. The summed E-state index contributed by atoms with van der Waals surface area (Å²) in [6.07, 6.45) is 0.700. The quantitative estimate of drug-likeness (QED) is 0.315. The largest absolute Gasteiger partial charge is 0.382 e. The molecule has 1 N–H and O–H groups in total. The Hall–Kier alpha value is -2.64. The first kappa shape index (κ1) is 22.1. The summed E-state index contributed by atoms with van der Waals surface area (Å²) in [4.78, 5) is 30.5. The highest BCUT2D eigenvalue weighted by Crippen LogP contribution is 2.24. The molecule has 2 aromatic carbocycles. The molecule has 30 heavy (non-hydrogen) atoms. The first-order valence-corrected chi connectivity index (χ1v) is 11.0. The molecule has 0 saturated carbocycles. The van der Waals surface area contributed by atoms with Gasteiger partial charge in [-0.05, 0) is 57.0 Å². The number of thioether (sulfide) groups is 1. The Morgan fingerprint density at radius 1 is 1.23 bits per heavy atom. The van der Waals surface area contributed by atoms with Gasteiger partial charge in [-0.15, -0.1) is 0 Å². The van der Waals surface area contributed by atoms with Crippen LogP contribution < -0.4 is 10.9 Å². The molecule has 0 aliphatic heterocycles. The summed E-state index contributed by atoms with van der Waals surface area (Å²) in [5.41, 5.74) is 2.38. The molecule has 1 amide bonds. The highest BCUT2D eigenvalue weighted by molar-refractivity contribution is 8.00. The van der Waals surface area contributed by atoms with E-state index in [0.29, 0.717) is 42.2 Å². The van der Waals surface area contributed by atoms with E-state index in [-0.39, 0.29) is 11.5 Å². The maximum absolute atomic E-state index is 13.1. The van der Waals surface area contributed by atoms with Crippen LogP contribution in [0.5, 0.6) is 0 Å². The van der Waals surface area contributed by atoms with Gasteiger partial charge >= 0.3 is 0 Å². The van der Waals surface area contributed by atoms with Crippen molar-refractivity contribution in [3.63, 3.8) is 0 Å². The Morgan fingerprint density at radius 3 is 2.80 bits per heavy atom. The van der Waals surface area contributed by atoms with E-state index in [9.17, 15) is 9.59 Å². The van der Waals surface area contributed by atoms with Gasteiger partial charge < -0.3 is 10.1 Å². The van der Waals surface area contributed by atoms with E-state index in [1.165, 1.54) is 11.8 Å². The van der Waals surface area contributed by atoms with E-state index < -0.39 is 5.25 Å². The normalized spacial score (nSPS) is 12.1. The number of rotatable bonds is 9. The van der Waals surface area contributed by atoms with Gasteiger partial charge in [0.15, 0.2) is 5.16 Å². The lowest BCUT2D eigenvalue weighted by Gasteiger charge is -2.16. The minimum Gasteiger partial charge on any atom is -0.382 e. The molecule has 0 fully saturated rings. The summed E-state index contributed by atoms with van der Waals surface area (Å²) in [6.45, 7) is 7.45. The van der Waals surface area contributed by atoms with E-state index >= 15 is 0 Å². The maximum atomic E-state index is 13.1. The number of fused-ring (bicyclic) bond motifs is 1. The fourth-order valence-electron chi connectivity index (χ4n) is 3.08. The van der Waals surface area contributed by atoms with Crippen molar-refractivity contribution in [3.05, 3.63) is 64.4 Å². The number of hydrogen-bond donors (Lipinski definition) is 1. The van der Waals surface area contributed by atoms with Gasteiger partial charge in [-0.25, -0.2) is 4.98 Å². The van der Waals surface area contributed by atoms with Gasteiger partial charge in [-0.3, -0.25) is 14.2 Å². The van der Waals surface area contributed by atoms with E-state index in [2.05, 4.69) is 10.3 Å². The van der Waals surface area contributed by atoms with Crippen molar-refractivity contribution in [2.45, 2.75) is 44.1 Å². The first-order valence-electron chi connectivity index (χ1n) is 10.1. The number of para-hydroxylation sites is 1. The number of carbonyl (C=O) groups excluding carboxylic acids is 1. The number of amides is 1. The third kappa shape index (κ3) is 5.49. The SMILES string of the molecule is CCOCCCn1c(S[C@@H](C)C(=O)Nc2cccc(C)c2)nc2ccccc2c1=O. The number of anilines is 1. The van der Waals surface area contributed by atoms with Crippen LogP contribution >= 0.6 is 11.8 Å². The number of benzene rings is 2. The number of aryl methyl sites for hydroxylation is 1.